The zero-order valence-corrected chi connectivity index (χ0v) is 15.7. The Morgan fingerprint density at radius 2 is 1.63 bits per heavy atom. The maximum atomic E-state index is 12.5. The quantitative estimate of drug-likeness (QED) is 0.692. The van der Waals surface area contributed by atoms with E-state index in [2.05, 4.69) is 47.9 Å². The first-order valence-corrected chi connectivity index (χ1v) is 8.73. The predicted molar refractivity (Wildman–Crippen MR) is 108 cm³/mol. The van der Waals surface area contributed by atoms with Crippen LogP contribution in [0.15, 0.2) is 67.0 Å². The second-order valence-corrected chi connectivity index (χ2v) is 7.18. The smallest absolute Gasteiger partial charge is 0.255 e. The van der Waals surface area contributed by atoms with Crippen LogP contribution >= 0.6 is 0 Å². The van der Waals surface area contributed by atoms with E-state index in [1.54, 1.807) is 30.6 Å². The van der Waals surface area contributed by atoms with Crippen LogP contribution in [0.5, 0.6) is 0 Å². The van der Waals surface area contributed by atoms with Gasteiger partial charge < -0.3 is 5.32 Å². The summed E-state index contributed by atoms with van der Waals surface area (Å²) in [5.74, 6) is 6.16. The van der Waals surface area contributed by atoms with Crippen LogP contribution in [-0.4, -0.2) is 15.9 Å². The van der Waals surface area contributed by atoms with Gasteiger partial charge in [-0.25, -0.2) is 9.97 Å². The topological polar surface area (TPSA) is 54.9 Å². The summed E-state index contributed by atoms with van der Waals surface area (Å²) in [6, 6.07) is 16.9. The Bertz CT molecular complexity index is 992. The molecule has 0 aliphatic heterocycles. The summed E-state index contributed by atoms with van der Waals surface area (Å²) >= 11 is 0. The second kappa shape index (κ2) is 7.84. The van der Waals surface area contributed by atoms with Crippen LogP contribution in [-0.2, 0) is 5.41 Å². The molecule has 4 heteroatoms. The molecule has 134 valence electrons. The molecule has 0 fully saturated rings. The normalized spacial score (nSPS) is 10.6. The summed E-state index contributed by atoms with van der Waals surface area (Å²) in [6.07, 6.45) is 3.29. The van der Waals surface area contributed by atoms with Crippen molar-refractivity contribution in [1.29, 1.82) is 0 Å². The number of amides is 1. The molecule has 0 atom stereocenters. The van der Waals surface area contributed by atoms with Crippen molar-refractivity contribution in [3.05, 3.63) is 89.5 Å². The Hall–Kier alpha value is -3.45. The van der Waals surface area contributed by atoms with Crippen LogP contribution in [0.2, 0.25) is 0 Å². The first-order chi connectivity index (χ1) is 12.9. The van der Waals surface area contributed by atoms with E-state index in [0.717, 1.165) is 11.3 Å². The lowest BCUT2D eigenvalue weighted by atomic mass is 9.87. The number of hydrogen-bond donors (Lipinski definition) is 1. The summed E-state index contributed by atoms with van der Waals surface area (Å²) in [7, 11) is 0. The minimum absolute atomic E-state index is 0.0814. The second-order valence-electron chi connectivity index (χ2n) is 7.18. The van der Waals surface area contributed by atoms with Crippen LogP contribution in [0.4, 0.5) is 5.69 Å². The van der Waals surface area contributed by atoms with Gasteiger partial charge in [-0.1, -0.05) is 44.9 Å². The molecule has 0 saturated heterocycles. The van der Waals surface area contributed by atoms with Gasteiger partial charge in [-0.2, -0.15) is 0 Å². The van der Waals surface area contributed by atoms with Crippen LogP contribution in [0.1, 0.15) is 48.1 Å². The molecule has 4 nitrogen and oxygen atoms in total. The largest absolute Gasteiger partial charge is 0.322 e. The number of benzene rings is 2. The molecule has 1 N–H and O–H groups in total. The molecule has 1 aromatic heterocycles. The molecule has 0 bridgehead atoms. The Kier molecular flexibility index (Phi) is 5.33. The van der Waals surface area contributed by atoms with E-state index in [1.807, 2.05) is 36.4 Å². The fourth-order valence-corrected chi connectivity index (χ4v) is 2.49. The average Bonchev–Trinajstić information content (AvgIpc) is 2.67. The van der Waals surface area contributed by atoms with Gasteiger partial charge in [0.05, 0.1) is 0 Å². The van der Waals surface area contributed by atoms with Gasteiger partial charge in [-0.3, -0.25) is 4.79 Å². The molecule has 0 saturated carbocycles. The van der Waals surface area contributed by atoms with E-state index in [-0.39, 0.29) is 11.3 Å². The van der Waals surface area contributed by atoms with Crippen LogP contribution in [0.3, 0.4) is 0 Å². The van der Waals surface area contributed by atoms with E-state index in [9.17, 15) is 4.79 Å². The molecule has 0 unspecified atom stereocenters. The van der Waals surface area contributed by atoms with E-state index >= 15 is 0 Å². The van der Waals surface area contributed by atoms with Crippen LogP contribution in [0, 0.1) is 11.8 Å². The van der Waals surface area contributed by atoms with Crippen molar-refractivity contribution < 1.29 is 4.79 Å². The molecule has 0 spiro atoms. The lowest BCUT2D eigenvalue weighted by molar-refractivity contribution is 0.102. The Labute approximate surface area is 159 Å². The minimum atomic E-state index is -0.168. The third-order valence-electron chi connectivity index (χ3n) is 4.02. The third-order valence-corrected chi connectivity index (χ3v) is 4.02. The van der Waals surface area contributed by atoms with E-state index in [0.29, 0.717) is 11.4 Å². The lowest BCUT2D eigenvalue weighted by Gasteiger charge is -2.19. The van der Waals surface area contributed by atoms with Gasteiger partial charge in [0.25, 0.3) is 5.91 Å². The summed E-state index contributed by atoms with van der Waals surface area (Å²) in [6.45, 7) is 6.48. The van der Waals surface area contributed by atoms with Gasteiger partial charge in [-0.05, 0) is 53.3 Å². The fraction of sp³-hybridized carbons (Fsp3) is 0.174. The van der Waals surface area contributed by atoms with Crippen molar-refractivity contribution in [3.8, 4) is 11.8 Å². The van der Waals surface area contributed by atoms with Crippen molar-refractivity contribution in [2.45, 2.75) is 26.2 Å². The van der Waals surface area contributed by atoms with Gasteiger partial charge in [0.2, 0.25) is 5.82 Å². The van der Waals surface area contributed by atoms with Gasteiger partial charge in [0, 0.05) is 29.2 Å². The number of rotatable bonds is 2. The molecule has 0 aliphatic rings. The van der Waals surface area contributed by atoms with Crippen molar-refractivity contribution >= 4 is 11.6 Å². The Balaban J connectivity index is 1.73. The Morgan fingerprint density at radius 3 is 2.30 bits per heavy atom. The van der Waals surface area contributed by atoms with Crippen LogP contribution in [0.25, 0.3) is 0 Å². The molecule has 27 heavy (non-hydrogen) atoms. The lowest BCUT2D eigenvalue weighted by Crippen LogP contribution is -2.13. The molecule has 0 aliphatic carbocycles. The summed E-state index contributed by atoms with van der Waals surface area (Å²) in [5, 5.41) is 2.93. The zero-order chi connectivity index (χ0) is 19.3. The van der Waals surface area contributed by atoms with Crippen molar-refractivity contribution in [1.82, 2.24) is 9.97 Å². The number of nitrogens with one attached hydrogen (secondary N) is 1. The molecular formula is C23H21N3O. The van der Waals surface area contributed by atoms with Gasteiger partial charge in [-0.15, -0.1) is 0 Å². The number of carbonyl (C=O) groups is 1. The highest BCUT2D eigenvalue weighted by atomic mass is 16.1. The fourth-order valence-electron chi connectivity index (χ4n) is 2.49. The molecule has 3 rings (SSSR count). The van der Waals surface area contributed by atoms with Crippen molar-refractivity contribution in [2.75, 3.05) is 5.32 Å². The zero-order valence-electron chi connectivity index (χ0n) is 15.7. The molecule has 0 radical (unpaired) electrons. The summed E-state index contributed by atoms with van der Waals surface area (Å²) in [5.41, 5.74) is 3.36. The highest BCUT2D eigenvalue weighted by molar-refractivity contribution is 6.04. The van der Waals surface area contributed by atoms with Crippen molar-refractivity contribution in [2.24, 2.45) is 0 Å². The van der Waals surface area contributed by atoms with Crippen molar-refractivity contribution in [3.63, 3.8) is 0 Å². The molecule has 1 amide bonds. The number of nitrogens with zero attached hydrogens (tertiary/aromatic N) is 2. The monoisotopic (exact) mass is 355 g/mol. The third kappa shape index (κ3) is 5.02. The Morgan fingerprint density at radius 1 is 0.926 bits per heavy atom. The van der Waals surface area contributed by atoms with Gasteiger partial charge >= 0.3 is 0 Å². The highest BCUT2D eigenvalue weighted by Gasteiger charge is 2.13. The molecular weight excluding hydrogens is 334 g/mol. The summed E-state index contributed by atoms with van der Waals surface area (Å²) < 4.78 is 0. The summed E-state index contributed by atoms with van der Waals surface area (Å²) in [4.78, 5) is 20.7. The number of anilines is 1. The standard InChI is InChI=1S/C23H21N3O/c1-23(2,3)19-9-11-20(12-10-19)26-22(27)18-7-4-6-17(16-18)8-13-21-24-14-5-15-25-21/h4-7,9-12,14-16H,1-3H3,(H,26,27). The average molecular weight is 355 g/mol. The molecule has 2 aromatic carbocycles. The number of aromatic nitrogens is 2. The van der Waals surface area contributed by atoms with Gasteiger partial charge in [0.15, 0.2) is 0 Å². The van der Waals surface area contributed by atoms with Gasteiger partial charge in [0.1, 0.15) is 0 Å². The highest BCUT2D eigenvalue weighted by Crippen LogP contribution is 2.23. The van der Waals surface area contributed by atoms with E-state index < -0.39 is 0 Å². The maximum absolute atomic E-state index is 12.5. The van der Waals surface area contributed by atoms with E-state index in [4.69, 9.17) is 0 Å². The number of carbonyl (C=O) groups excluding carboxylic acids is 1. The first-order valence-electron chi connectivity index (χ1n) is 8.73. The van der Waals surface area contributed by atoms with E-state index in [1.165, 1.54) is 5.56 Å². The molecule has 1 heterocycles. The van der Waals surface area contributed by atoms with Crippen LogP contribution < -0.4 is 5.32 Å². The molecule has 3 aromatic rings. The number of hydrogen-bond acceptors (Lipinski definition) is 3. The SMILES string of the molecule is CC(C)(C)c1ccc(NC(=O)c2cccc(C#Cc3ncccn3)c2)cc1. The first kappa shape index (κ1) is 18.3. The minimum Gasteiger partial charge on any atom is -0.322 e. The predicted octanol–water partition coefficient (Wildman–Crippen LogP) is 4.43. The maximum Gasteiger partial charge on any atom is 0.255 e.